The van der Waals surface area contributed by atoms with Crippen LogP contribution in [0.3, 0.4) is 0 Å². The Morgan fingerprint density at radius 2 is 1.90 bits per heavy atom. The number of anilines is 1. The molecule has 0 aromatic heterocycles. The second kappa shape index (κ2) is 5.87. The van der Waals surface area contributed by atoms with Crippen molar-refractivity contribution in [2.24, 2.45) is 5.92 Å². The maximum atomic E-state index is 13.7. The van der Waals surface area contributed by atoms with E-state index in [0.717, 1.165) is 0 Å². The fraction of sp³-hybridized carbons (Fsp3) is 0.417. The standard InChI is InChI=1S/C12H12ClF4NO2/c1-5(2)9(11(19)20)18-10-7(13)3-6(4-8(10)14)12(15,16)17/h3-5,9,18H,1-2H3,(H,19,20). The number of carboxylic acid groups (broad SMARTS) is 1. The molecule has 1 unspecified atom stereocenters. The number of carboxylic acids is 1. The second-order valence-electron chi connectivity index (χ2n) is 4.52. The molecule has 0 heterocycles. The topological polar surface area (TPSA) is 49.3 Å². The van der Waals surface area contributed by atoms with Crippen molar-refractivity contribution in [1.29, 1.82) is 0 Å². The number of hydrogen-bond acceptors (Lipinski definition) is 2. The third-order valence-corrected chi connectivity index (χ3v) is 2.90. The number of hydrogen-bond donors (Lipinski definition) is 2. The van der Waals surface area contributed by atoms with Crippen LogP contribution in [0, 0.1) is 11.7 Å². The molecular weight excluding hydrogens is 302 g/mol. The highest BCUT2D eigenvalue weighted by Gasteiger charge is 2.33. The molecule has 112 valence electrons. The maximum Gasteiger partial charge on any atom is 0.416 e. The summed E-state index contributed by atoms with van der Waals surface area (Å²) in [4.78, 5) is 11.0. The van der Waals surface area contributed by atoms with Crippen molar-refractivity contribution < 1.29 is 27.5 Å². The summed E-state index contributed by atoms with van der Waals surface area (Å²) in [5.74, 6) is -2.92. The van der Waals surface area contributed by atoms with E-state index in [0.29, 0.717) is 6.07 Å². The Morgan fingerprint density at radius 1 is 1.35 bits per heavy atom. The predicted molar refractivity (Wildman–Crippen MR) is 66.3 cm³/mol. The fourth-order valence-electron chi connectivity index (χ4n) is 1.54. The lowest BCUT2D eigenvalue weighted by Crippen LogP contribution is -2.34. The summed E-state index contributed by atoms with van der Waals surface area (Å²) < 4.78 is 51.1. The summed E-state index contributed by atoms with van der Waals surface area (Å²) in [6, 6.07) is -0.349. The van der Waals surface area contributed by atoms with Crippen LogP contribution in [-0.4, -0.2) is 17.1 Å². The predicted octanol–water partition coefficient (Wildman–Crippen LogP) is 4.02. The summed E-state index contributed by atoms with van der Waals surface area (Å²) >= 11 is 5.60. The van der Waals surface area contributed by atoms with Gasteiger partial charge < -0.3 is 10.4 Å². The zero-order valence-electron chi connectivity index (χ0n) is 10.6. The van der Waals surface area contributed by atoms with E-state index in [9.17, 15) is 22.4 Å². The molecule has 0 saturated heterocycles. The van der Waals surface area contributed by atoms with Gasteiger partial charge in [0.05, 0.1) is 16.3 Å². The molecule has 8 heteroatoms. The molecular formula is C12H12ClF4NO2. The molecule has 1 rings (SSSR count). The number of halogens is 5. The largest absolute Gasteiger partial charge is 0.480 e. The normalized spacial score (nSPS) is 13.4. The highest BCUT2D eigenvalue weighted by atomic mass is 35.5. The van der Waals surface area contributed by atoms with Gasteiger partial charge in [0.25, 0.3) is 0 Å². The van der Waals surface area contributed by atoms with Gasteiger partial charge in [0, 0.05) is 0 Å². The molecule has 20 heavy (non-hydrogen) atoms. The molecule has 0 aliphatic rings. The Kier molecular flexibility index (Phi) is 4.86. The van der Waals surface area contributed by atoms with E-state index in [1.807, 2.05) is 0 Å². The molecule has 3 nitrogen and oxygen atoms in total. The molecule has 1 aromatic rings. The van der Waals surface area contributed by atoms with Crippen LogP contribution in [0.15, 0.2) is 12.1 Å². The molecule has 1 aromatic carbocycles. The van der Waals surface area contributed by atoms with Gasteiger partial charge in [-0.25, -0.2) is 9.18 Å². The maximum absolute atomic E-state index is 13.7. The van der Waals surface area contributed by atoms with Gasteiger partial charge in [0.2, 0.25) is 0 Å². The number of carbonyl (C=O) groups is 1. The Labute approximate surface area is 117 Å². The van der Waals surface area contributed by atoms with Crippen LogP contribution < -0.4 is 5.32 Å². The van der Waals surface area contributed by atoms with Gasteiger partial charge in [-0.3, -0.25) is 0 Å². The van der Waals surface area contributed by atoms with E-state index < -0.39 is 46.2 Å². The van der Waals surface area contributed by atoms with Gasteiger partial charge >= 0.3 is 12.1 Å². The van der Waals surface area contributed by atoms with Gasteiger partial charge in [0.1, 0.15) is 11.9 Å². The molecule has 2 N–H and O–H groups in total. The summed E-state index contributed by atoms with van der Waals surface area (Å²) in [6.45, 7) is 3.14. The highest BCUT2D eigenvalue weighted by molar-refractivity contribution is 6.33. The van der Waals surface area contributed by atoms with Crippen LogP contribution in [0.2, 0.25) is 5.02 Å². The van der Waals surface area contributed by atoms with Gasteiger partial charge in [-0.2, -0.15) is 13.2 Å². The molecule has 0 bridgehead atoms. The third kappa shape index (κ3) is 3.75. The Balaban J connectivity index is 3.18. The average molecular weight is 314 g/mol. The molecule has 0 spiro atoms. The van der Waals surface area contributed by atoms with Crippen LogP contribution in [0.1, 0.15) is 19.4 Å². The first-order valence-electron chi connectivity index (χ1n) is 5.59. The minimum Gasteiger partial charge on any atom is -0.480 e. The number of nitrogens with one attached hydrogen (secondary N) is 1. The lowest BCUT2D eigenvalue weighted by atomic mass is 10.0. The third-order valence-electron chi connectivity index (χ3n) is 2.60. The zero-order chi connectivity index (χ0) is 15.7. The van der Waals surface area contributed by atoms with E-state index >= 15 is 0 Å². The van der Waals surface area contributed by atoms with E-state index in [4.69, 9.17) is 16.7 Å². The van der Waals surface area contributed by atoms with Gasteiger partial charge in [0.15, 0.2) is 0 Å². The first kappa shape index (κ1) is 16.6. The lowest BCUT2D eigenvalue weighted by molar-refractivity contribution is -0.139. The highest BCUT2D eigenvalue weighted by Crippen LogP contribution is 2.36. The molecule has 0 amide bonds. The summed E-state index contributed by atoms with van der Waals surface area (Å²) in [5.41, 5.74) is -1.69. The summed E-state index contributed by atoms with van der Waals surface area (Å²) in [6.07, 6.45) is -4.73. The van der Waals surface area contributed by atoms with Gasteiger partial charge in [-0.05, 0) is 18.1 Å². The van der Waals surface area contributed by atoms with Gasteiger partial charge in [-0.15, -0.1) is 0 Å². The van der Waals surface area contributed by atoms with Crippen LogP contribution in [0.4, 0.5) is 23.2 Å². The number of alkyl halides is 3. The SMILES string of the molecule is CC(C)C(Nc1c(F)cc(C(F)(F)F)cc1Cl)C(=O)O. The number of aliphatic carboxylic acids is 1. The van der Waals surface area contributed by atoms with E-state index in [-0.39, 0.29) is 6.07 Å². The summed E-state index contributed by atoms with van der Waals surface area (Å²) in [7, 11) is 0. The molecule has 0 saturated carbocycles. The van der Waals surface area contributed by atoms with Gasteiger partial charge in [-0.1, -0.05) is 25.4 Å². The van der Waals surface area contributed by atoms with Crippen molar-refractivity contribution >= 4 is 23.3 Å². The van der Waals surface area contributed by atoms with Crippen LogP contribution >= 0.6 is 11.6 Å². The van der Waals surface area contributed by atoms with Crippen molar-refractivity contribution in [3.05, 3.63) is 28.5 Å². The van der Waals surface area contributed by atoms with Crippen molar-refractivity contribution in [2.75, 3.05) is 5.32 Å². The average Bonchev–Trinajstić information content (AvgIpc) is 2.25. The molecule has 0 radical (unpaired) electrons. The van der Waals surface area contributed by atoms with Crippen LogP contribution in [-0.2, 0) is 11.0 Å². The lowest BCUT2D eigenvalue weighted by Gasteiger charge is -2.21. The Morgan fingerprint density at radius 3 is 2.25 bits per heavy atom. The van der Waals surface area contributed by atoms with Crippen molar-refractivity contribution in [2.45, 2.75) is 26.1 Å². The quantitative estimate of drug-likeness (QED) is 0.825. The molecule has 1 atom stereocenters. The molecule has 0 fully saturated rings. The van der Waals surface area contributed by atoms with Crippen LogP contribution in [0.25, 0.3) is 0 Å². The van der Waals surface area contributed by atoms with Crippen molar-refractivity contribution in [3.8, 4) is 0 Å². The van der Waals surface area contributed by atoms with Crippen LogP contribution in [0.5, 0.6) is 0 Å². The second-order valence-corrected chi connectivity index (χ2v) is 4.92. The van der Waals surface area contributed by atoms with E-state index in [1.54, 1.807) is 13.8 Å². The zero-order valence-corrected chi connectivity index (χ0v) is 11.3. The Hall–Kier alpha value is -1.50. The van der Waals surface area contributed by atoms with E-state index in [1.165, 1.54) is 0 Å². The van der Waals surface area contributed by atoms with Crippen molar-refractivity contribution in [1.82, 2.24) is 0 Å². The number of benzene rings is 1. The monoisotopic (exact) mass is 313 g/mol. The van der Waals surface area contributed by atoms with Crippen molar-refractivity contribution in [3.63, 3.8) is 0 Å². The minimum absolute atomic E-state index is 0.271. The fourth-order valence-corrected chi connectivity index (χ4v) is 1.81. The Bertz CT molecular complexity index is 494. The number of rotatable bonds is 4. The summed E-state index contributed by atoms with van der Waals surface area (Å²) in [5, 5.41) is 10.8. The first-order chi connectivity index (χ1) is 9.04. The minimum atomic E-state index is -4.73. The smallest absolute Gasteiger partial charge is 0.416 e. The van der Waals surface area contributed by atoms with E-state index in [2.05, 4.69) is 5.32 Å². The first-order valence-corrected chi connectivity index (χ1v) is 5.97. The molecule has 0 aliphatic carbocycles. The molecule has 0 aliphatic heterocycles.